The Kier molecular flexibility index (Phi) is 6.01. The summed E-state index contributed by atoms with van der Waals surface area (Å²) in [5.41, 5.74) is 3.77. The Labute approximate surface area is 184 Å². The third-order valence-corrected chi connectivity index (χ3v) is 7.71. The summed E-state index contributed by atoms with van der Waals surface area (Å²) in [5.74, 6) is 1.86. The van der Waals surface area contributed by atoms with Crippen molar-refractivity contribution in [3.8, 4) is 11.5 Å². The Hall–Kier alpha value is -2.86. The Morgan fingerprint density at radius 3 is 2.45 bits per heavy atom. The highest BCUT2D eigenvalue weighted by molar-refractivity contribution is 7.93. The minimum absolute atomic E-state index is 0.266. The Balaban J connectivity index is 1.61. The van der Waals surface area contributed by atoms with E-state index in [0.29, 0.717) is 17.4 Å². The summed E-state index contributed by atoms with van der Waals surface area (Å²) in [4.78, 5) is 4.12. The summed E-state index contributed by atoms with van der Waals surface area (Å²) in [6.45, 7) is 6.58. The van der Waals surface area contributed by atoms with Gasteiger partial charge in [-0.2, -0.15) is 0 Å². The molecule has 2 aromatic carbocycles. The van der Waals surface area contributed by atoms with Gasteiger partial charge in [-0.25, -0.2) is 8.42 Å². The van der Waals surface area contributed by atoms with Crippen LogP contribution in [0.2, 0.25) is 0 Å². The number of aryl methyl sites for hydroxylation is 1. The van der Waals surface area contributed by atoms with Gasteiger partial charge in [0.25, 0.3) is 0 Å². The number of benzene rings is 2. The molecule has 0 bridgehead atoms. The van der Waals surface area contributed by atoms with Gasteiger partial charge in [-0.15, -0.1) is 0 Å². The van der Waals surface area contributed by atoms with E-state index in [4.69, 9.17) is 4.74 Å². The molecule has 1 aromatic heterocycles. The molecule has 0 amide bonds. The number of aromatic nitrogens is 1. The number of hydrogen-bond donors (Lipinski definition) is 0. The fourth-order valence-corrected chi connectivity index (χ4v) is 5.38. The van der Waals surface area contributed by atoms with Crippen LogP contribution in [0.5, 0.6) is 11.5 Å². The van der Waals surface area contributed by atoms with E-state index in [2.05, 4.69) is 31.0 Å². The molecule has 6 heteroatoms. The molecule has 162 valence electrons. The molecule has 1 fully saturated rings. The lowest BCUT2D eigenvalue weighted by Gasteiger charge is -2.25. The molecule has 0 aliphatic heterocycles. The van der Waals surface area contributed by atoms with Crippen molar-refractivity contribution in [3.63, 3.8) is 0 Å². The molecule has 0 unspecified atom stereocenters. The summed E-state index contributed by atoms with van der Waals surface area (Å²) in [7, 11) is -3.41. The molecule has 3 aromatic rings. The van der Waals surface area contributed by atoms with Crippen LogP contribution in [0.3, 0.4) is 0 Å². The average molecular weight is 437 g/mol. The van der Waals surface area contributed by atoms with Crippen molar-refractivity contribution in [3.05, 3.63) is 83.7 Å². The van der Waals surface area contributed by atoms with E-state index in [-0.39, 0.29) is 11.8 Å². The van der Waals surface area contributed by atoms with Gasteiger partial charge >= 0.3 is 0 Å². The normalized spacial score (nSPS) is 13.9. The molecular formula is C25H28N2O3S. The molecule has 1 saturated carbocycles. The largest absolute Gasteiger partial charge is 0.457 e. The van der Waals surface area contributed by atoms with Gasteiger partial charge in [0.2, 0.25) is 10.0 Å². The lowest BCUT2D eigenvalue weighted by atomic mass is 10.0. The molecule has 0 radical (unpaired) electrons. The second-order valence-electron chi connectivity index (χ2n) is 8.40. The zero-order valence-corrected chi connectivity index (χ0v) is 19.0. The molecule has 1 aliphatic rings. The van der Waals surface area contributed by atoms with Gasteiger partial charge in [-0.05, 0) is 78.8 Å². The predicted molar refractivity (Wildman–Crippen MR) is 124 cm³/mol. The van der Waals surface area contributed by atoms with E-state index in [9.17, 15) is 8.42 Å². The van der Waals surface area contributed by atoms with Crippen LogP contribution in [0.4, 0.5) is 5.69 Å². The molecule has 31 heavy (non-hydrogen) atoms. The van der Waals surface area contributed by atoms with E-state index < -0.39 is 10.0 Å². The maximum atomic E-state index is 13.1. The van der Waals surface area contributed by atoms with Crippen LogP contribution >= 0.6 is 0 Å². The van der Waals surface area contributed by atoms with Gasteiger partial charge < -0.3 is 4.74 Å². The number of pyridine rings is 1. The van der Waals surface area contributed by atoms with Gasteiger partial charge in [0, 0.05) is 12.4 Å². The molecule has 4 rings (SSSR count). The van der Waals surface area contributed by atoms with Crippen LogP contribution < -0.4 is 9.04 Å². The van der Waals surface area contributed by atoms with Gasteiger partial charge in [0.05, 0.1) is 17.5 Å². The van der Waals surface area contributed by atoms with Crippen molar-refractivity contribution in [2.45, 2.75) is 51.3 Å². The van der Waals surface area contributed by atoms with Crippen molar-refractivity contribution in [1.82, 2.24) is 4.98 Å². The van der Waals surface area contributed by atoms with E-state index in [1.807, 2.05) is 49.4 Å². The Morgan fingerprint density at radius 1 is 1.10 bits per heavy atom. The van der Waals surface area contributed by atoms with Crippen molar-refractivity contribution >= 4 is 15.7 Å². The molecular weight excluding hydrogens is 408 g/mol. The van der Waals surface area contributed by atoms with Crippen LogP contribution in [-0.2, 0) is 16.6 Å². The van der Waals surface area contributed by atoms with Crippen molar-refractivity contribution < 1.29 is 13.2 Å². The van der Waals surface area contributed by atoms with E-state index in [0.717, 1.165) is 35.3 Å². The van der Waals surface area contributed by atoms with Gasteiger partial charge in [0.1, 0.15) is 11.5 Å². The van der Waals surface area contributed by atoms with Crippen molar-refractivity contribution in [1.29, 1.82) is 0 Å². The minimum Gasteiger partial charge on any atom is -0.457 e. The summed E-state index contributed by atoms with van der Waals surface area (Å²) in [6, 6.07) is 17.2. The van der Waals surface area contributed by atoms with Crippen LogP contribution in [-0.4, -0.2) is 18.7 Å². The molecule has 0 saturated heterocycles. The fourth-order valence-electron chi connectivity index (χ4n) is 3.55. The molecule has 5 nitrogen and oxygen atoms in total. The predicted octanol–water partition coefficient (Wildman–Crippen LogP) is 5.80. The van der Waals surface area contributed by atoms with Crippen molar-refractivity contribution in [2.24, 2.45) is 0 Å². The summed E-state index contributed by atoms with van der Waals surface area (Å²) in [6.07, 6.45) is 4.83. The maximum absolute atomic E-state index is 13.1. The monoisotopic (exact) mass is 436 g/mol. The number of nitrogens with zero attached hydrogens (tertiary/aromatic N) is 2. The quantitative estimate of drug-likeness (QED) is 0.447. The van der Waals surface area contributed by atoms with E-state index >= 15 is 0 Å². The number of hydrogen-bond acceptors (Lipinski definition) is 4. The summed E-state index contributed by atoms with van der Waals surface area (Å²) < 4.78 is 33.9. The SMILES string of the molecule is Cc1ccc(C(C)C)c(Oc2ccc(N(Cc3cccnc3)S(=O)(=O)C3CC3)cc2)c1. The first kappa shape index (κ1) is 21.4. The zero-order chi connectivity index (χ0) is 22.0. The summed E-state index contributed by atoms with van der Waals surface area (Å²) >= 11 is 0. The minimum atomic E-state index is -3.41. The zero-order valence-electron chi connectivity index (χ0n) is 18.2. The number of anilines is 1. The molecule has 0 spiro atoms. The third-order valence-electron chi connectivity index (χ3n) is 5.45. The van der Waals surface area contributed by atoms with Gasteiger partial charge in [-0.1, -0.05) is 32.0 Å². The van der Waals surface area contributed by atoms with Gasteiger partial charge in [0.15, 0.2) is 0 Å². The molecule has 1 heterocycles. The average Bonchev–Trinajstić information content (AvgIpc) is 3.59. The highest BCUT2D eigenvalue weighted by Crippen LogP contribution is 2.36. The molecule has 0 atom stereocenters. The fraction of sp³-hybridized carbons (Fsp3) is 0.320. The molecule has 0 N–H and O–H groups in total. The topological polar surface area (TPSA) is 59.5 Å². The highest BCUT2D eigenvalue weighted by atomic mass is 32.2. The second kappa shape index (κ2) is 8.71. The number of rotatable bonds is 8. The Morgan fingerprint density at radius 2 is 1.84 bits per heavy atom. The van der Waals surface area contributed by atoms with E-state index in [1.165, 1.54) is 4.31 Å². The van der Waals surface area contributed by atoms with Crippen molar-refractivity contribution in [2.75, 3.05) is 4.31 Å². The van der Waals surface area contributed by atoms with Crippen LogP contribution in [0.15, 0.2) is 67.0 Å². The first-order valence-corrected chi connectivity index (χ1v) is 12.1. The number of sulfonamides is 1. The Bertz CT molecular complexity index is 1140. The maximum Gasteiger partial charge on any atom is 0.238 e. The molecule has 1 aliphatic carbocycles. The first-order valence-electron chi connectivity index (χ1n) is 10.6. The third kappa shape index (κ3) is 4.90. The highest BCUT2D eigenvalue weighted by Gasteiger charge is 2.40. The lowest BCUT2D eigenvalue weighted by Crippen LogP contribution is -2.33. The summed E-state index contributed by atoms with van der Waals surface area (Å²) in [5, 5.41) is -0.291. The van der Waals surface area contributed by atoms with Crippen LogP contribution in [0, 0.1) is 6.92 Å². The van der Waals surface area contributed by atoms with Gasteiger partial charge in [-0.3, -0.25) is 9.29 Å². The van der Waals surface area contributed by atoms with Crippen LogP contribution in [0.1, 0.15) is 49.3 Å². The smallest absolute Gasteiger partial charge is 0.238 e. The standard InChI is InChI=1S/C25H28N2O3S/c1-18(2)24-13-6-19(3)15-25(24)30-22-9-7-21(8-10-22)27(31(28,29)23-11-12-23)17-20-5-4-14-26-16-20/h4-10,13-16,18,23H,11-12,17H2,1-3H3. The van der Waals surface area contributed by atoms with E-state index in [1.54, 1.807) is 12.4 Å². The van der Waals surface area contributed by atoms with Crippen LogP contribution in [0.25, 0.3) is 0 Å². The lowest BCUT2D eigenvalue weighted by molar-refractivity contribution is 0.472. The second-order valence-corrected chi connectivity index (χ2v) is 10.5. The first-order chi connectivity index (χ1) is 14.8. The number of ether oxygens (including phenoxy) is 1.